The van der Waals surface area contributed by atoms with Gasteiger partial charge in [-0.2, -0.15) is 0 Å². The molecule has 29 heavy (non-hydrogen) atoms. The molecule has 148 valence electrons. The highest BCUT2D eigenvalue weighted by atomic mass is 32.2. The predicted octanol–water partition coefficient (Wildman–Crippen LogP) is 2.19. The lowest BCUT2D eigenvalue weighted by Crippen LogP contribution is -2.22. The van der Waals surface area contributed by atoms with E-state index in [0.29, 0.717) is 16.9 Å². The Kier molecular flexibility index (Phi) is 6.00. The summed E-state index contributed by atoms with van der Waals surface area (Å²) in [5.41, 5.74) is 6.65. The zero-order valence-electron chi connectivity index (χ0n) is 14.9. The summed E-state index contributed by atoms with van der Waals surface area (Å²) in [7, 11) is -3.82. The van der Waals surface area contributed by atoms with Crippen molar-refractivity contribution in [1.82, 2.24) is 9.97 Å². The van der Waals surface area contributed by atoms with Crippen LogP contribution in [0.4, 0.5) is 17.3 Å². The van der Waals surface area contributed by atoms with Crippen LogP contribution in [0, 0.1) is 0 Å². The number of benzene rings is 2. The number of rotatable bonds is 6. The molecule has 0 spiro atoms. The number of primary amides is 1. The minimum atomic E-state index is -3.82. The number of hydrogen-bond donors (Lipinski definition) is 4. The first-order valence-electron chi connectivity index (χ1n) is 8.22. The van der Waals surface area contributed by atoms with Crippen molar-refractivity contribution in [3.8, 4) is 0 Å². The molecule has 1 amide bonds. The van der Waals surface area contributed by atoms with Crippen molar-refractivity contribution in [2.75, 3.05) is 15.4 Å². The molecule has 11 heteroatoms. The van der Waals surface area contributed by atoms with Crippen LogP contribution >= 0.6 is 12.2 Å². The Morgan fingerprint density at radius 1 is 0.931 bits per heavy atom. The van der Waals surface area contributed by atoms with Gasteiger partial charge in [0, 0.05) is 18.1 Å². The molecular formula is C18H16N6O3S2. The van der Waals surface area contributed by atoms with E-state index in [-0.39, 0.29) is 16.0 Å². The van der Waals surface area contributed by atoms with Gasteiger partial charge in [0.25, 0.3) is 15.9 Å². The molecule has 0 saturated heterocycles. The third-order valence-electron chi connectivity index (χ3n) is 3.65. The highest BCUT2D eigenvalue weighted by Gasteiger charge is 2.15. The molecule has 0 aliphatic carbocycles. The quantitative estimate of drug-likeness (QED) is 0.438. The van der Waals surface area contributed by atoms with E-state index in [0.717, 1.165) is 0 Å². The summed E-state index contributed by atoms with van der Waals surface area (Å²) < 4.78 is 27.1. The summed E-state index contributed by atoms with van der Waals surface area (Å²) in [6, 6.07) is 14.2. The first kappa shape index (κ1) is 20.2. The molecule has 0 unspecified atom stereocenters. The average Bonchev–Trinajstić information content (AvgIpc) is 2.69. The summed E-state index contributed by atoms with van der Waals surface area (Å²) in [5, 5.41) is 6.02. The van der Waals surface area contributed by atoms with Crippen molar-refractivity contribution >= 4 is 50.6 Å². The monoisotopic (exact) mass is 428 g/mol. The number of para-hydroxylation sites is 1. The summed E-state index contributed by atoms with van der Waals surface area (Å²) in [4.78, 5) is 19.2. The number of sulfonamides is 1. The Morgan fingerprint density at radius 2 is 1.59 bits per heavy atom. The SMILES string of the molecule is NC(=O)c1ccccc1NC(=S)Nc1ccc(S(=O)(=O)Nc2ncccn2)cc1. The minimum Gasteiger partial charge on any atom is -0.366 e. The summed E-state index contributed by atoms with van der Waals surface area (Å²) in [6.07, 6.45) is 2.87. The first-order valence-corrected chi connectivity index (χ1v) is 10.1. The van der Waals surface area contributed by atoms with Crippen molar-refractivity contribution in [1.29, 1.82) is 0 Å². The van der Waals surface area contributed by atoms with Crippen LogP contribution in [0.2, 0.25) is 0 Å². The summed E-state index contributed by atoms with van der Waals surface area (Å²) >= 11 is 5.24. The lowest BCUT2D eigenvalue weighted by Gasteiger charge is -2.13. The molecule has 0 saturated carbocycles. The van der Waals surface area contributed by atoms with Gasteiger partial charge < -0.3 is 16.4 Å². The van der Waals surface area contributed by atoms with Crippen LogP contribution in [0.5, 0.6) is 0 Å². The number of nitrogens with one attached hydrogen (secondary N) is 3. The second kappa shape index (κ2) is 8.63. The number of thiocarbonyl (C=S) groups is 1. The van der Waals surface area contributed by atoms with E-state index in [9.17, 15) is 13.2 Å². The van der Waals surface area contributed by atoms with Gasteiger partial charge in [-0.15, -0.1) is 0 Å². The van der Waals surface area contributed by atoms with Crippen LogP contribution in [0.25, 0.3) is 0 Å². The van der Waals surface area contributed by atoms with Crippen molar-refractivity contribution < 1.29 is 13.2 Å². The van der Waals surface area contributed by atoms with Gasteiger partial charge >= 0.3 is 0 Å². The van der Waals surface area contributed by atoms with E-state index in [1.54, 1.807) is 42.5 Å². The first-order chi connectivity index (χ1) is 13.8. The highest BCUT2D eigenvalue weighted by molar-refractivity contribution is 7.92. The number of carbonyl (C=O) groups excluding carboxylic acids is 1. The number of amides is 1. The van der Waals surface area contributed by atoms with Crippen molar-refractivity contribution in [2.24, 2.45) is 5.73 Å². The number of carbonyl (C=O) groups is 1. The fourth-order valence-electron chi connectivity index (χ4n) is 2.34. The molecule has 3 rings (SSSR count). The van der Waals surface area contributed by atoms with E-state index in [2.05, 4.69) is 25.3 Å². The Hall–Kier alpha value is -3.57. The number of hydrogen-bond acceptors (Lipinski definition) is 6. The Labute approximate surface area is 172 Å². The van der Waals surface area contributed by atoms with Gasteiger partial charge in [-0.25, -0.2) is 23.1 Å². The maximum atomic E-state index is 12.4. The van der Waals surface area contributed by atoms with Gasteiger partial charge in [0.2, 0.25) is 5.95 Å². The molecule has 0 atom stereocenters. The molecule has 0 aliphatic rings. The van der Waals surface area contributed by atoms with Gasteiger partial charge in [-0.3, -0.25) is 4.79 Å². The smallest absolute Gasteiger partial charge is 0.264 e. The normalized spacial score (nSPS) is 10.8. The Bertz CT molecular complexity index is 1140. The molecule has 3 aromatic rings. The number of aromatic nitrogens is 2. The topological polar surface area (TPSA) is 139 Å². The zero-order chi connectivity index (χ0) is 20.9. The van der Waals surface area contributed by atoms with Gasteiger partial charge in [0.05, 0.1) is 16.1 Å². The number of nitrogens with zero attached hydrogens (tertiary/aromatic N) is 2. The third kappa shape index (κ3) is 5.24. The molecule has 0 fully saturated rings. The van der Waals surface area contributed by atoms with Crippen LogP contribution in [0.1, 0.15) is 10.4 Å². The van der Waals surface area contributed by atoms with Crippen LogP contribution < -0.4 is 21.1 Å². The number of nitrogens with two attached hydrogens (primary N) is 1. The van der Waals surface area contributed by atoms with E-state index in [4.69, 9.17) is 18.0 Å². The van der Waals surface area contributed by atoms with Gasteiger partial charge in [0.1, 0.15) is 0 Å². The second-order valence-electron chi connectivity index (χ2n) is 5.69. The molecule has 0 radical (unpaired) electrons. The van der Waals surface area contributed by atoms with Crippen LogP contribution in [0.3, 0.4) is 0 Å². The maximum Gasteiger partial charge on any atom is 0.264 e. The third-order valence-corrected chi connectivity index (χ3v) is 5.20. The molecule has 9 nitrogen and oxygen atoms in total. The predicted molar refractivity (Wildman–Crippen MR) is 114 cm³/mol. The van der Waals surface area contributed by atoms with Crippen LogP contribution in [0.15, 0.2) is 71.9 Å². The van der Waals surface area contributed by atoms with Gasteiger partial charge in [-0.1, -0.05) is 12.1 Å². The lowest BCUT2D eigenvalue weighted by atomic mass is 10.1. The van der Waals surface area contributed by atoms with E-state index >= 15 is 0 Å². The van der Waals surface area contributed by atoms with Crippen molar-refractivity contribution in [3.63, 3.8) is 0 Å². The molecule has 0 bridgehead atoms. The minimum absolute atomic E-state index is 0.0202. The molecule has 5 N–H and O–H groups in total. The molecular weight excluding hydrogens is 412 g/mol. The fourth-order valence-corrected chi connectivity index (χ4v) is 3.53. The molecule has 1 heterocycles. The zero-order valence-corrected chi connectivity index (χ0v) is 16.5. The number of anilines is 3. The Balaban J connectivity index is 1.68. The van der Waals surface area contributed by atoms with E-state index in [1.807, 2.05) is 0 Å². The Morgan fingerprint density at radius 3 is 2.24 bits per heavy atom. The van der Waals surface area contributed by atoms with Gasteiger partial charge in [-0.05, 0) is 54.7 Å². The standard InChI is InChI=1S/C18H16N6O3S2/c19-16(25)14-4-1-2-5-15(14)23-18(28)22-12-6-8-13(9-7-12)29(26,27)24-17-20-10-3-11-21-17/h1-11H,(H2,19,25)(H,20,21,24)(H2,22,23,28). The fraction of sp³-hybridized carbons (Fsp3) is 0. The summed E-state index contributed by atoms with van der Waals surface area (Å²) in [6.45, 7) is 0. The van der Waals surface area contributed by atoms with Crippen LogP contribution in [-0.4, -0.2) is 29.4 Å². The average molecular weight is 428 g/mol. The summed E-state index contributed by atoms with van der Waals surface area (Å²) in [5.74, 6) is -0.603. The van der Waals surface area contributed by atoms with Crippen LogP contribution in [-0.2, 0) is 10.0 Å². The van der Waals surface area contributed by atoms with E-state index < -0.39 is 15.9 Å². The van der Waals surface area contributed by atoms with Crippen molar-refractivity contribution in [2.45, 2.75) is 4.90 Å². The molecule has 2 aromatic carbocycles. The largest absolute Gasteiger partial charge is 0.366 e. The van der Waals surface area contributed by atoms with E-state index in [1.165, 1.54) is 24.5 Å². The highest BCUT2D eigenvalue weighted by Crippen LogP contribution is 2.18. The lowest BCUT2D eigenvalue weighted by molar-refractivity contribution is 0.100. The van der Waals surface area contributed by atoms with Crippen molar-refractivity contribution in [3.05, 3.63) is 72.6 Å². The maximum absolute atomic E-state index is 12.4. The second-order valence-corrected chi connectivity index (χ2v) is 7.78. The van der Waals surface area contributed by atoms with Gasteiger partial charge in [0.15, 0.2) is 5.11 Å². The molecule has 1 aromatic heterocycles. The molecule has 0 aliphatic heterocycles.